The van der Waals surface area contributed by atoms with Gasteiger partial charge < -0.3 is 10.2 Å². The lowest BCUT2D eigenvalue weighted by atomic mass is 9.95. The fourth-order valence-corrected chi connectivity index (χ4v) is 2.90. The van der Waals surface area contributed by atoms with Gasteiger partial charge in [0, 0.05) is 16.0 Å². The Hall–Kier alpha value is -1.07. The molecule has 20 heavy (non-hydrogen) atoms. The lowest BCUT2D eigenvalue weighted by Gasteiger charge is -2.43. The summed E-state index contributed by atoms with van der Waals surface area (Å²) in [6, 6.07) is 4.99. The summed E-state index contributed by atoms with van der Waals surface area (Å²) in [6.07, 6.45) is 0. The fraction of sp³-hybridized carbons (Fsp3) is 0.429. The number of benzene rings is 1. The van der Waals surface area contributed by atoms with E-state index >= 15 is 0 Å². The van der Waals surface area contributed by atoms with E-state index in [1.54, 1.807) is 31.7 Å². The normalized spacial score (nSPS) is 21.9. The Bertz CT molecular complexity index is 574. The Balaban J connectivity index is 2.33. The van der Waals surface area contributed by atoms with E-state index in [1.807, 2.05) is 12.1 Å². The highest BCUT2D eigenvalue weighted by Gasteiger charge is 2.44. The van der Waals surface area contributed by atoms with Gasteiger partial charge in [-0.3, -0.25) is 9.59 Å². The van der Waals surface area contributed by atoms with Crippen LogP contribution in [0.4, 0.5) is 0 Å². The van der Waals surface area contributed by atoms with Crippen LogP contribution in [-0.2, 0) is 16.1 Å². The van der Waals surface area contributed by atoms with Gasteiger partial charge in [-0.2, -0.15) is 0 Å². The first kappa shape index (κ1) is 15.3. The van der Waals surface area contributed by atoms with Crippen molar-refractivity contribution in [1.29, 1.82) is 0 Å². The summed E-state index contributed by atoms with van der Waals surface area (Å²) in [5.41, 5.74) is -0.0711. The molecule has 108 valence electrons. The molecule has 0 aromatic heterocycles. The van der Waals surface area contributed by atoms with Crippen LogP contribution in [0.15, 0.2) is 22.7 Å². The molecule has 1 N–H and O–H groups in total. The van der Waals surface area contributed by atoms with E-state index in [1.165, 1.54) is 0 Å². The third-order valence-electron chi connectivity index (χ3n) is 3.56. The molecular formula is C14H16BrClN2O2. The molecule has 1 atom stereocenters. The summed E-state index contributed by atoms with van der Waals surface area (Å²) in [4.78, 5) is 26.0. The molecule has 1 aliphatic heterocycles. The highest BCUT2D eigenvalue weighted by atomic mass is 79.9. The number of nitrogens with one attached hydrogen (secondary N) is 1. The zero-order chi connectivity index (χ0) is 15.1. The Labute approximate surface area is 131 Å². The lowest BCUT2D eigenvalue weighted by molar-refractivity contribution is -0.155. The molecule has 2 amide bonds. The zero-order valence-corrected chi connectivity index (χ0v) is 13.9. The minimum Gasteiger partial charge on any atom is -0.343 e. The molecule has 2 rings (SSSR count). The fourth-order valence-electron chi connectivity index (χ4n) is 2.16. The first-order valence-corrected chi connectivity index (χ1v) is 7.47. The topological polar surface area (TPSA) is 49.4 Å². The Kier molecular flexibility index (Phi) is 4.12. The molecule has 1 heterocycles. The van der Waals surface area contributed by atoms with Crippen LogP contribution in [0.1, 0.15) is 26.3 Å². The van der Waals surface area contributed by atoms with E-state index in [4.69, 9.17) is 11.6 Å². The second-order valence-corrected chi connectivity index (χ2v) is 6.74. The Morgan fingerprint density at radius 2 is 2.05 bits per heavy atom. The molecule has 1 aromatic rings. The summed E-state index contributed by atoms with van der Waals surface area (Å²) in [6.45, 7) is 5.47. The summed E-state index contributed by atoms with van der Waals surface area (Å²) in [5, 5.41) is 3.26. The van der Waals surface area contributed by atoms with E-state index in [-0.39, 0.29) is 11.8 Å². The van der Waals surface area contributed by atoms with E-state index in [9.17, 15) is 9.59 Å². The van der Waals surface area contributed by atoms with Crippen molar-refractivity contribution in [2.75, 3.05) is 0 Å². The molecule has 0 spiro atoms. The van der Waals surface area contributed by atoms with Gasteiger partial charge in [-0.1, -0.05) is 33.6 Å². The number of rotatable bonds is 2. The van der Waals surface area contributed by atoms with Gasteiger partial charge in [-0.05, 0) is 38.5 Å². The molecule has 1 unspecified atom stereocenters. The number of hydrogen-bond donors (Lipinski definition) is 1. The molecule has 0 radical (unpaired) electrons. The summed E-state index contributed by atoms with van der Waals surface area (Å²) < 4.78 is 0.876. The number of piperazine rings is 1. The van der Waals surface area contributed by atoms with Crippen LogP contribution in [0.3, 0.4) is 0 Å². The highest BCUT2D eigenvalue weighted by Crippen LogP contribution is 2.28. The molecule has 4 nitrogen and oxygen atoms in total. The van der Waals surface area contributed by atoms with Crippen LogP contribution < -0.4 is 5.32 Å². The number of carbonyl (C=O) groups is 2. The van der Waals surface area contributed by atoms with Gasteiger partial charge in [0.2, 0.25) is 11.8 Å². The van der Waals surface area contributed by atoms with Crippen molar-refractivity contribution in [3.8, 4) is 0 Å². The highest BCUT2D eigenvalue weighted by molar-refractivity contribution is 9.10. The van der Waals surface area contributed by atoms with Gasteiger partial charge in [0.15, 0.2) is 0 Å². The number of hydrogen-bond acceptors (Lipinski definition) is 2. The van der Waals surface area contributed by atoms with Crippen molar-refractivity contribution in [3.63, 3.8) is 0 Å². The third kappa shape index (κ3) is 2.69. The van der Waals surface area contributed by atoms with E-state index < -0.39 is 11.6 Å². The molecule has 6 heteroatoms. The summed E-state index contributed by atoms with van der Waals surface area (Å²) in [5.74, 6) is -0.258. The van der Waals surface area contributed by atoms with E-state index in [2.05, 4.69) is 21.2 Å². The van der Waals surface area contributed by atoms with Gasteiger partial charge in [-0.15, -0.1) is 0 Å². The first-order valence-electron chi connectivity index (χ1n) is 6.30. The molecule has 0 bridgehead atoms. The molecule has 1 aromatic carbocycles. The van der Waals surface area contributed by atoms with Gasteiger partial charge >= 0.3 is 0 Å². The van der Waals surface area contributed by atoms with Crippen molar-refractivity contribution >= 4 is 39.3 Å². The minimum absolute atomic E-state index is 0.103. The third-order valence-corrected chi connectivity index (χ3v) is 4.40. The molecule has 1 saturated heterocycles. The van der Waals surface area contributed by atoms with Crippen molar-refractivity contribution in [3.05, 3.63) is 33.3 Å². The maximum atomic E-state index is 12.3. The van der Waals surface area contributed by atoms with Gasteiger partial charge in [-0.25, -0.2) is 0 Å². The summed E-state index contributed by atoms with van der Waals surface area (Å²) >= 11 is 9.54. The van der Waals surface area contributed by atoms with Crippen LogP contribution >= 0.6 is 27.5 Å². The maximum Gasteiger partial charge on any atom is 0.246 e. The van der Waals surface area contributed by atoms with Crippen molar-refractivity contribution < 1.29 is 9.59 Å². The van der Waals surface area contributed by atoms with Crippen molar-refractivity contribution in [2.45, 2.75) is 38.9 Å². The molecule has 1 fully saturated rings. The van der Waals surface area contributed by atoms with Crippen LogP contribution in [0.5, 0.6) is 0 Å². The predicted molar refractivity (Wildman–Crippen MR) is 81.4 cm³/mol. The number of halogens is 2. The molecule has 0 aliphatic carbocycles. The quantitative estimate of drug-likeness (QED) is 0.882. The van der Waals surface area contributed by atoms with Crippen LogP contribution in [0.25, 0.3) is 0 Å². The van der Waals surface area contributed by atoms with E-state index in [0.29, 0.717) is 11.6 Å². The zero-order valence-electron chi connectivity index (χ0n) is 11.5. The maximum absolute atomic E-state index is 12.3. The summed E-state index contributed by atoms with van der Waals surface area (Å²) in [7, 11) is 0. The molecule has 1 aliphatic rings. The van der Waals surface area contributed by atoms with Gasteiger partial charge in [0.25, 0.3) is 0 Å². The lowest BCUT2D eigenvalue weighted by Crippen LogP contribution is -2.67. The largest absolute Gasteiger partial charge is 0.343 e. The standard InChI is InChI=1S/C14H16BrClN2O2/c1-8-12(19)18(14(2,3)13(20)17-8)7-9-4-5-10(15)6-11(9)16/h4-6,8H,7H2,1-3H3,(H,17,20). The van der Waals surface area contributed by atoms with Crippen LogP contribution in [0.2, 0.25) is 5.02 Å². The van der Waals surface area contributed by atoms with Crippen molar-refractivity contribution in [1.82, 2.24) is 10.2 Å². The average Bonchev–Trinajstić information content (AvgIpc) is 2.35. The second-order valence-electron chi connectivity index (χ2n) is 5.41. The second kappa shape index (κ2) is 5.37. The minimum atomic E-state index is -0.889. The van der Waals surface area contributed by atoms with Crippen LogP contribution in [-0.4, -0.2) is 28.3 Å². The van der Waals surface area contributed by atoms with Gasteiger partial charge in [0.1, 0.15) is 11.6 Å². The number of carbonyl (C=O) groups excluding carboxylic acids is 2. The predicted octanol–water partition coefficient (Wildman–Crippen LogP) is 2.73. The number of amides is 2. The first-order chi connectivity index (χ1) is 9.23. The van der Waals surface area contributed by atoms with E-state index in [0.717, 1.165) is 10.0 Å². The smallest absolute Gasteiger partial charge is 0.246 e. The van der Waals surface area contributed by atoms with Gasteiger partial charge in [0.05, 0.1) is 0 Å². The average molecular weight is 360 g/mol. The van der Waals surface area contributed by atoms with Crippen molar-refractivity contribution in [2.24, 2.45) is 0 Å². The van der Waals surface area contributed by atoms with Crippen LogP contribution in [0, 0.1) is 0 Å². The Morgan fingerprint density at radius 3 is 2.65 bits per heavy atom. The molecular weight excluding hydrogens is 344 g/mol. The molecule has 0 saturated carbocycles. The number of nitrogens with zero attached hydrogens (tertiary/aromatic N) is 1. The SMILES string of the molecule is CC1NC(=O)C(C)(C)N(Cc2ccc(Br)cc2Cl)C1=O. The monoisotopic (exact) mass is 358 g/mol. The Morgan fingerprint density at radius 1 is 1.40 bits per heavy atom.